The molecular weight excluding hydrogens is 426 g/mol. The van der Waals surface area contributed by atoms with Crippen molar-refractivity contribution in [3.8, 4) is 11.5 Å². The smallest absolute Gasteiger partial charge is 0.461 e. The van der Waals surface area contributed by atoms with Crippen molar-refractivity contribution in [2.24, 2.45) is 0 Å². The van der Waals surface area contributed by atoms with Crippen LogP contribution in [0.5, 0.6) is 11.5 Å². The highest BCUT2D eigenvalue weighted by Gasteiger charge is 2.44. The third-order valence-electron chi connectivity index (χ3n) is 3.93. The Kier molecular flexibility index (Phi) is 7.38. The normalized spacial score (nSPS) is 13.3. The van der Waals surface area contributed by atoms with Crippen LogP contribution in [0.25, 0.3) is 0 Å². The van der Waals surface area contributed by atoms with E-state index in [1.54, 1.807) is 0 Å². The number of methoxy groups -OCH3 is 1. The second-order valence-corrected chi connectivity index (χ2v) is 6.20. The molecule has 1 unspecified atom stereocenters. The SMILES string of the molecule is COc1cccc(N(Cc2cccc(OC(F)(F)C(F)F)c2)CC(F)C(F)(F)F)c1. The Hall–Kier alpha value is -2.72. The van der Waals surface area contributed by atoms with Crippen molar-refractivity contribution in [2.45, 2.75) is 31.4 Å². The zero-order valence-electron chi connectivity index (χ0n) is 15.5. The van der Waals surface area contributed by atoms with Crippen molar-refractivity contribution in [2.75, 3.05) is 18.6 Å². The molecule has 0 fully saturated rings. The Morgan fingerprint density at radius 2 is 1.53 bits per heavy atom. The molecule has 166 valence electrons. The van der Waals surface area contributed by atoms with E-state index < -0.39 is 37.2 Å². The van der Waals surface area contributed by atoms with Crippen LogP contribution in [0, 0.1) is 0 Å². The Bertz CT molecular complexity index is 828. The summed E-state index contributed by atoms with van der Waals surface area (Å²) in [6.45, 7) is -1.43. The summed E-state index contributed by atoms with van der Waals surface area (Å²) >= 11 is 0. The molecular formula is C19H17F8NO2. The molecule has 0 aliphatic heterocycles. The predicted molar refractivity (Wildman–Crippen MR) is 93.0 cm³/mol. The fraction of sp³-hybridized carbons (Fsp3) is 0.368. The second-order valence-electron chi connectivity index (χ2n) is 6.20. The number of hydrogen-bond donors (Lipinski definition) is 0. The van der Waals surface area contributed by atoms with Crippen LogP contribution < -0.4 is 14.4 Å². The summed E-state index contributed by atoms with van der Waals surface area (Å²) in [5.41, 5.74) is 0.306. The molecule has 3 nitrogen and oxygen atoms in total. The van der Waals surface area contributed by atoms with Gasteiger partial charge in [0, 0.05) is 18.3 Å². The zero-order chi connectivity index (χ0) is 22.5. The average molecular weight is 443 g/mol. The van der Waals surface area contributed by atoms with Gasteiger partial charge in [-0.25, -0.2) is 4.39 Å². The van der Waals surface area contributed by atoms with E-state index in [9.17, 15) is 35.1 Å². The van der Waals surface area contributed by atoms with Crippen LogP contribution in [0.2, 0.25) is 0 Å². The molecule has 2 aromatic carbocycles. The van der Waals surface area contributed by atoms with Crippen LogP contribution in [0.1, 0.15) is 5.56 Å². The quantitative estimate of drug-likeness (QED) is 0.455. The lowest BCUT2D eigenvalue weighted by atomic mass is 10.1. The van der Waals surface area contributed by atoms with E-state index in [4.69, 9.17) is 4.74 Å². The number of nitrogens with zero attached hydrogens (tertiary/aromatic N) is 1. The van der Waals surface area contributed by atoms with Gasteiger partial charge in [0.25, 0.3) is 0 Å². The molecule has 11 heteroatoms. The van der Waals surface area contributed by atoms with Gasteiger partial charge in [0.05, 0.1) is 13.7 Å². The lowest BCUT2D eigenvalue weighted by Crippen LogP contribution is -2.38. The van der Waals surface area contributed by atoms with Gasteiger partial charge in [0.2, 0.25) is 6.17 Å². The highest BCUT2D eigenvalue weighted by atomic mass is 19.4. The van der Waals surface area contributed by atoms with Crippen LogP contribution in [-0.2, 0) is 6.54 Å². The fourth-order valence-corrected chi connectivity index (χ4v) is 2.49. The van der Waals surface area contributed by atoms with Gasteiger partial charge in [-0.3, -0.25) is 0 Å². The van der Waals surface area contributed by atoms with Crippen LogP contribution in [-0.4, -0.2) is 38.5 Å². The molecule has 2 rings (SSSR count). The molecule has 0 saturated carbocycles. The van der Waals surface area contributed by atoms with E-state index in [0.29, 0.717) is 5.75 Å². The largest absolute Gasteiger partial charge is 0.497 e. The molecule has 2 aromatic rings. The van der Waals surface area contributed by atoms with Crippen LogP contribution >= 0.6 is 0 Å². The van der Waals surface area contributed by atoms with E-state index in [-0.39, 0.29) is 17.8 Å². The minimum atomic E-state index is -5.11. The number of benzene rings is 2. The Labute approximate surface area is 166 Å². The van der Waals surface area contributed by atoms with Crippen molar-refractivity contribution >= 4 is 5.69 Å². The molecule has 0 radical (unpaired) electrons. The van der Waals surface area contributed by atoms with Gasteiger partial charge in [0.15, 0.2) is 0 Å². The van der Waals surface area contributed by atoms with Crippen molar-refractivity contribution in [3.63, 3.8) is 0 Å². The van der Waals surface area contributed by atoms with Gasteiger partial charge in [0.1, 0.15) is 11.5 Å². The first kappa shape index (κ1) is 23.6. The number of halogens is 8. The zero-order valence-corrected chi connectivity index (χ0v) is 15.5. The van der Waals surface area contributed by atoms with E-state index >= 15 is 0 Å². The first-order chi connectivity index (χ1) is 13.9. The molecule has 0 saturated heterocycles. The molecule has 0 aromatic heterocycles. The summed E-state index contributed by atoms with van der Waals surface area (Å²) in [5, 5.41) is 0. The summed E-state index contributed by atoms with van der Waals surface area (Å²) in [7, 11) is 1.33. The fourth-order valence-electron chi connectivity index (χ4n) is 2.49. The molecule has 0 spiro atoms. The van der Waals surface area contributed by atoms with Gasteiger partial charge in [-0.2, -0.15) is 30.7 Å². The lowest BCUT2D eigenvalue weighted by Gasteiger charge is -2.28. The van der Waals surface area contributed by atoms with Crippen molar-refractivity contribution in [1.29, 1.82) is 0 Å². The first-order valence-electron chi connectivity index (χ1n) is 8.46. The van der Waals surface area contributed by atoms with Gasteiger partial charge in [-0.1, -0.05) is 18.2 Å². The molecule has 0 amide bonds. The third-order valence-corrected chi connectivity index (χ3v) is 3.93. The van der Waals surface area contributed by atoms with E-state index in [1.807, 2.05) is 0 Å². The average Bonchev–Trinajstić information content (AvgIpc) is 2.66. The van der Waals surface area contributed by atoms with Crippen LogP contribution in [0.15, 0.2) is 48.5 Å². The molecule has 1 atom stereocenters. The van der Waals surface area contributed by atoms with E-state index in [0.717, 1.165) is 17.0 Å². The Balaban J connectivity index is 2.30. The topological polar surface area (TPSA) is 21.7 Å². The van der Waals surface area contributed by atoms with Gasteiger partial charge >= 0.3 is 18.7 Å². The maximum Gasteiger partial charge on any atom is 0.461 e. The van der Waals surface area contributed by atoms with Crippen LogP contribution in [0.3, 0.4) is 0 Å². The first-order valence-corrected chi connectivity index (χ1v) is 8.46. The number of rotatable bonds is 9. The number of ether oxygens (including phenoxy) is 2. The molecule has 0 aliphatic rings. The van der Waals surface area contributed by atoms with Gasteiger partial charge in [-0.05, 0) is 29.8 Å². The second kappa shape index (κ2) is 9.40. The standard InChI is InChI=1S/C19H17F8NO2/c1-29-14-6-3-5-13(9-14)28(11-16(20)18(23,24)25)10-12-4-2-7-15(8-12)30-19(26,27)17(21)22/h2-9,16-17H,10-11H2,1H3. The predicted octanol–water partition coefficient (Wildman–Crippen LogP) is 5.84. The monoisotopic (exact) mass is 443 g/mol. The van der Waals surface area contributed by atoms with Gasteiger partial charge in [-0.15, -0.1) is 0 Å². The molecule has 0 aliphatic carbocycles. The summed E-state index contributed by atoms with van der Waals surface area (Å²) in [5.74, 6) is -0.315. The number of anilines is 1. The summed E-state index contributed by atoms with van der Waals surface area (Å²) in [6, 6.07) is 10.3. The summed E-state index contributed by atoms with van der Waals surface area (Å²) in [4.78, 5) is 1.02. The molecule has 0 N–H and O–H groups in total. The summed E-state index contributed by atoms with van der Waals surface area (Å²) < 4.78 is 112. The van der Waals surface area contributed by atoms with Crippen LogP contribution in [0.4, 0.5) is 40.8 Å². The molecule has 30 heavy (non-hydrogen) atoms. The molecule has 0 bridgehead atoms. The maximum absolute atomic E-state index is 13.7. The Morgan fingerprint density at radius 1 is 0.900 bits per heavy atom. The lowest BCUT2D eigenvalue weighted by molar-refractivity contribution is -0.253. The van der Waals surface area contributed by atoms with Gasteiger partial charge < -0.3 is 14.4 Å². The highest BCUT2D eigenvalue weighted by molar-refractivity contribution is 5.51. The van der Waals surface area contributed by atoms with E-state index in [1.165, 1.54) is 43.5 Å². The minimum absolute atomic E-state index is 0.134. The Morgan fingerprint density at radius 3 is 2.13 bits per heavy atom. The minimum Gasteiger partial charge on any atom is -0.497 e. The maximum atomic E-state index is 13.7. The number of alkyl halides is 8. The summed E-state index contributed by atoms with van der Waals surface area (Å²) in [6.07, 6.45) is -17.1. The van der Waals surface area contributed by atoms with Crippen molar-refractivity contribution < 1.29 is 44.6 Å². The third kappa shape index (κ3) is 6.39. The highest BCUT2D eigenvalue weighted by Crippen LogP contribution is 2.31. The number of hydrogen-bond acceptors (Lipinski definition) is 3. The molecule has 0 heterocycles. The van der Waals surface area contributed by atoms with Crippen molar-refractivity contribution in [3.05, 3.63) is 54.1 Å². The van der Waals surface area contributed by atoms with Crippen molar-refractivity contribution in [1.82, 2.24) is 0 Å². The van der Waals surface area contributed by atoms with E-state index in [2.05, 4.69) is 4.74 Å².